The van der Waals surface area contributed by atoms with Crippen molar-refractivity contribution in [1.29, 1.82) is 0 Å². The molecule has 1 unspecified atom stereocenters. The fourth-order valence-corrected chi connectivity index (χ4v) is 3.86. The minimum atomic E-state index is -3.09. The summed E-state index contributed by atoms with van der Waals surface area (Å²) < 4.78 is 29.3. The summed E-state index contributed by atoms with van der Waals surface area (Å²) in [5.74, 6) is -4.89. The highest BCUT2D eigenvalue weighted by Gasteiger charge is 2.49. The summed E-state index contributed by atoms with van der Waals surface area (Å²) in [7, 11) is 3.02. The fraction of sp³-hybridized carbons (Fsp3) is 0.471. The van der Waals surface area contributed by atoms with Crippen molar-refractivity contribution in [2.45, 2.75) is 19.3 Å². The maximum atomic E-state index is 14.6. The molecule has 5 nitrogen and oxygen atoms in total. The van der Waals surface area contributed by atoms with Crippen molar-refractivity contribution in [3.05, 3.63) is 29.5 Å². The van der Waals surface area contributed by atoms with E-state index in [4.69, 9.17) is 0 Å². The van der Waals surface area contributed by atoms with Crippen molar-refractivity contribution < 1.29 is 13.6 Å². The minimum absolute atomic E-state index is 0.106. The zero-order valence-electron chi connectivity index (χ0n) is 14.4. The van der Waals surface area contributed by atoms with Crippen molar-refractivity contribution in [2.24, 2.45) is 5.92 Å². The van der Waals surface area contributed by atoms with Crippen molar-refractivity contribution in [2.75, 3.05) is 32.1 Å². The molecule has 1 amide bonds. The summed E-state index contributed by atoms with van der Waals surface area (Å²) in [5.41, 5.74) is 1.42. The zero-order chi connectivity index (χ0) is 18.2. The predicted molar refractivity (Wildman–Crippen MR) is 94.0 cm³/mol. The average Bonchev–Trinajstić information content (AvgIpc) is 2.99. The maximum Gasteiger partial charge on any atom is 0.276 e. The van der Waals surface area contributed by atoms with Gasteiger partial charge in [0.25, 0.3) is 5.92 Å². The molecular weight excluding hydrogens is 346 g/mol. The molecule has 1 aliphatic heterocycles. The number of halogens is 2. The summed E-state index contributed by atoms with van der Waals surface area (Å²) in [6.45, 7) is 1.83. The number of nitrogens with zero attached hydrogens (tertiary/aromatic N) is 4. The number of aryl methyl sites for hydroxylation is 1. The third-order valence-corrected chi connectivity index (χ3v) is 5.28. The number of carbonyl (C=O) groups excluding carboxylic acids is 1. The van der Waals surface area contributed by atoms with E-state index in [1.165, 1.54) is 30.3 Å². The van der Waals surface area contributed by atoms with Gasteiger partial charge in [-0.3, -0.25) is 9.78 Å². The molecule has 3 rings (SSSR count). The molecule has 0 radical (unpaired) electrons. The molecule has 1 atom stereocenters. The summed E-state index contributed by atoms with van der Waals surface area (Å²) in [4.78, 5) is 24.4. The minimum Gasteiger partial charge on any atom is -0.364 e. The molecule has 134 valence electrons. The number of anilines is 1. The monoisotopic (exact) mass is 366 g/mol. The van der Waals surface area contributed by atoms with E-state index in [1.807, 2.05) is 6.92 Å². The quantitative estimate of drug-likeness (QED) is 0.838. The Morgan fingerprint density at radius 3 is 2.76 bits per heavy atom. The van der Waals surface area contributed by atoms with Gasteiger partial charge in [0.15, 0.2) is 0 Å². The zero-order valence-corrected chi connectivity index (χ0v) is 15.2. The van der Waals surface area contributed by atoms with Crippen LogP contribution in [0.2, 0.25) is 0 Å². The summed E-state index contributed by atoms with van der Waals surface area (Å²) in [6, 6.07) is 1.79. The van der Waals surface area contributed by atoms with Crippen molar-refractivity contribution in [3.63, 3.8) is 0 Å². The Kier molecular flexibility index (Phi) is 4.73. The molecule has 0 bridgehead atoms. The van der Waals surface area contributed by atoms with Crippen LogP contribution in [0.3, 0.4) is 0 Å². The lowest BCUT2D eigenvalue weighted by molar-refractivity contribution is -0.149. The van der Waals surface area contributed by atoms with Gasteiger partial charge in [-0.05, 0) is 19.4 Å². The molecule has 3 heterocycles. The number of piperidine rings is 1. The molecule has 1 aliphatic rings. The Balaban J connectivity index is 1.89. The maximum absolute atomic E-state index is 14.6. The molecule has 1 fully saturated rings. The van der Waals surface area contributed by atoms with E-state index < -0.39 is 24.3 Å². The van der Waals surface area contributed by atoms with Crippen LogP contribution >= 0.6 is 11.3 Å². The van der Waals surface area contributed by atoms with Gasteiger partial charge >= 0.3 is 0 Å². The van der Waals surface area contributed by atoms with E-state index in [0.29, 0.717) is 12.2 Å². The molecule has 0 aliphatic carbocycles. The number of hydrogen-bond acceptors (Lipinski definition) is 5. The number of hydrogen-bond donors (Lipinski definition) is 0. The van der Waals surface area contributed by atoms with Crippen molar-refractivity contribution in [1.82, 2.24) is 14.9 Å². The largest absolute Gasteiger partial charge is 0.364 e. The molecule has 0 saturated carbocycles. The first kappa shape index (κ1) is 17.7. The van der Waals surface area contributed by atoms with Crippen molar-refractivity contribution >= 4 is 22.9 Å². The molecule has 25 heavy (non-hydrogen) atoms. The first-order valence-corrected chi connectivity index (χ1v) is 8.82. The predicted octanol–water partition coefficient (Wildman–Crippen LogP) is 3.06. The first-order chi connectivity index (χ1) is 11.8. The number of aromatic nitrogens is 2. The van der Waals surface area contributed by atoms with E-state index in [0.717, 1.165) is 15.4 Å². The third-order valence-electron chi connectivity index (χ3n) is 4.33. The highest BCUT2D eigenvalue weighted by molar-refractivity contribution is 7.15. The van der Waals surface area contributed by atoms with Crippen LogP contribution in [0.15, 0.2) is 24.7 Å². The van der Waals surface area contributed by atoms with E-state index in [1.54, 1.807) is 29.6 Å². The van der Waals surface area contributed by atoms with Crippen LogP contribution in [-0.4, -0.2) is 53.9 Å². The summed E-state index contributed by atoms with van der Waals surface area (Å²) in [6.07, 6.45) is 5.10. The van der Waals surface area contributed by atoms with Gasteiger partial charge in [-0.25, -0.2) is 13.8 Å². The van der Waals surface area contributed by atoms with Gasteiger partial charge in [-0.2, -0.15) is 0 Å². The SMILES string of the molecule is Cc1cnc(-c2ccncc2N2CCC(C(=O)N(C)C)C(F)(F)C2)s1. The Labute approximate surface area is 149 Å². The van der Waals surface area contributed by atoms with Gasteiger partial charge in [-0.1, -0.05) is 0 Å². The van der Waals surface area contributed by atoms with Crippen LogP contribution in [0, 0.1) is 12.8 Å². The molecule has 1 saturated heterocycles. The molecule has 0 N–H and O–H groups in total. The fourth-order valence-electron chi connectivity index (χ4n) is 3.06. The normalized spacial score (nSPS) is 19.7. The Morgan fingerprint density at radius 1 is 1.40 bits per heavy atom. The Bertz CT molecular complexity index is 778. The number of alkyl halides is 2. The standard InChI is InChI=1S/C17H20F2N4OS/c1-11-8-21-15(25-11)12-4-6-20-9-14(12)23-7-5-13(16(24)22(2)3)17(18,19)10-23/h4,6,8-9,13H,5,7,10H2,1-3H3. The van der Waals surface area contributed by atoms with Crippen LogP contribution in [0.25, 0.3) is 10.6 Å². The molecular formula is C17H20F2N4OS. The second-order valence-corrected chi connectivity index (χ2v) is 7.66. The van der Waals surface area contributed by atoms with Gasteiger partial charge in [0, 0.05) is 43.5 Å². The second-order valence-electron chi connectivity index (χ2n) is 6.43. The van der Waals surface area contributed by atoms with Gasteiger partial charge in [0.05, 0.1) is 18.4 Å². The average molecular weight is 366 g/mol. The van der Waals surface area contributed by atoms with Crippen LogP contribution in [0.4, 0.5) is 14.5 Å². The van der Waals surface area contributed by atoms with E-state index in [-0.39, 0.29) is 6.42 Å². The van der Waals surface area contributed by atoms with Gasteiger partial charge in [0.2, 0.25) is 5.91 Å². The number of amides is 1. The van der Waals surface area contributed by atoms with Crippen LogP contribution in [0.1, 0.15) is 11.3 Å². The number of carbonyl (C=O) groups is 1. The van der Waals surface area contributed by atoms with E-state index >= 15 is 0 Å². The molecule has 0 aromatic carbocycles. The molecule has 2 aromatic heterocycles. The van der Waals surface area contributed by atoms with Gasteiger partial charge in [0.1, 0.15) is 10.9 Å². The van der Waals surface area contributed by atoms with Crippen molar-refractivity contribution in [3.8, 4) is 10.6 Å². The lowest BCUT2D eigenvalue weighted by atomic mass is 9.91. The lowest BCUT2D eigenvalue weighted by Crippen LogP contribution is -2.53. The second kappa shape index (κ2) is 6.67. The van der Waals surface area contributed by atoms with Crippen LogP contribution in [0.5, 0.6) is 0 Å². The van der Waals surface area contributed by atoms with E-state index in [2.05, 4.69) is 9.97 Å². The molecule has 0 spiro atoms. The molecule has 8 heteroatoms. The topological polar surface area (TPSA) is 49.3 Å². The van der Waals surface area contributed by atoms with Gasteiger partial charge < -0.3 is 9.80 Å². The molecule has 2 aromatic rings. The summed E-state index contributed by atoms with van der Waals surface area (Å²) in [5, 5.41) is 0.782. The number of rotatable bonds is 3. The Morgan fingerprint density at radius 2 is 2.16 bits per heavy atom. The number of thiazole rings is 1. The highest BCUT2D eigenvalue weighted by atomic mass is 32.1. The van der Waals surface area contributed by atoms with Crippen LogP contribution in [-0.2, 0) is 4.79 Å². The Hall–Kier alpha value is -2.09. The first-order valence-electron chi connectivity index (χ1n) is 8.00. The van der Waals surface area contributed by atoms with Gasteiger partial charge in [-0.15, -0.1) is 11.3 Å². The van der Waals surface area contributed by atoms with Crippen LogP contribution < -0.4 is 4.90 Å². The van der Waals surface area contributed by atoms with E-state index in [9.17, 15) is 13.6 Å². The summed E-state index contributed by atoms with van der Waals surface area (Å²) >= 11 is 1.51. The smallest absolute Gasteiger partial charge is 0.276 e. The third kappa shape index (κ3) is 3.49. The lowest BCUT2D eigenvalue weighted by Gasteiger charge is -2.39. The number of pyridine rings is 1. The highest BCUT2D eigenvalue weighted by Crippen LogP contribution is 2.39.